The lowest BCUT2D eigenvalue weighted by atomic mass is 9.85. The number of rotatable bonds is 7. The minimum absolute atomic E-state index is 0.0531. The van der Waals surface area contributed by atoms with Gasteiger partial charge in [0.2, 0.25) is 17.7 Å². The Morgan fingerprint density at radius 1 is 1.00 bits per heavy atom. The van der Waals surface area contributed by atoms with Crippen LogP contribution in [0.4, 0.5) is 11.4 Å². The zero-order valence-corrected chi connectivity index (χ0v) is 17.4. The lowest BCUT2D eigenvalue weighted by molar-refractivity contribution is -0.154. The number of anilines is 2. The molecule has 0 bridgehead atoms. The highest BCUT2D eigenvalue weighted by Crippen LogP contribution is 2.35. The standard InChI is InChI=1S/C22H25N3O6/c1-13(20(28)24-16-9-7-15(8-10-16)23-14(2)26)31-19(27)11-12-25-21(29)17-5-3-4-6-18(17)22(25)30/h3-4,7-10,13,17-18H,5-6,11-12H2,1-2H3,(H,23,26)(H,24,28). The van der Waals surface area contributed by atoms with E-state index in [1.807, 2.05) is 12.2 Å². The van der Waals surface area contributed by atoms with Crippen molar-refractivity contribution in [2.75, 3.05) is 17.2 Å². The number of benzene rings is 1. The molecule has 2 N–H and O–H groups in total. The Bertz CT molecular complexity index is 898. The highest BCUT2D eigenvalue weighted by atomic mass is 16.5. The Labute approximate surface area is 179 Å². The van der Waals surface area contributed by atoms with E-state index in [4.69, 9.17) is 4.74 Å². The molecule has 4 amide bonds. The molecule has 1 aliphatic carbocycles. The number of fused-ring (bicyclic) bond motifs is 1. The molecule has 0 radical (unpaired) electrons. The van der Waals surface area contributed by atoms with Gasteiger partial charge in [0.05, 0.1) is 18.3 Å². The highest BCUT2D eigenvalue weighted by molar-refractivity contribution is 6.05. The fourth-order valence-electron chi connectivity index (χ4n) is 3.69. The van der Waals surface area contributed by atoms with Gasteiger partial charge in [-0.05, 0) is 44.0 Å². The molecule has 2 aliphatic rings. The molecule has 1 fully saturated rings. The summed E-state index contributed by atoms with van der Waals surface area (Å²) >= 11 is 0. The Kier molecular flexibility index (Phi) is 6.84. The molecule has 3 atom stereocenters. The van der Waals surface area contributed by atoms with Gasteiger partial charge in [0.1, 0.15) is 0 Å². The number of hydrogen-bond donors (Lipinski definition) is 2. The smallest absolute Gasteiger partial charge is 0.308 e. The van der Waals surface area contributed by atoms with Crippen LogP contribution >= 0.6 is 0 Å². The Morgan fingerprint density at radius 3 is 2.03 bits per heavy atom. The average molecular weight is 427 g/mol. The molecule has 31 heavy (non-hydrogen) atoms. The fraction of sp³-hybridized carbons (Fsp3) is 0.409. The second-order valence-electron chi connectivity index (χ2n) is 7.61. The number of carbonyl (C=O) groups excluding carboxylic acids is 5. The third-order valence-electron chi connectivity index (χ3n) is 5.29. The summed E-state index contributed by atoms with van der Waals surface area (Å²) in [6.07, 6.45) is 3.65. The van der Waals surface area contributed by atoms with Crippen molar-refractivity contribution >= 4 is 41.0 Å². The van der Waals surface area contributed by atoms with Crippen molar-refractivity contribution in [3.8, 4) is 0 Å². The van der Waals surface area contributed by atoms with Crippen molar-refractivity contribution in [1.82, 2.24) is 4.90 Å². The van der Waals surface area contributed by atoms with Gasteiger partial charge in [-0.1, -0.05) is 12.2 Å². The van der Waals surface area contributed by atoms with Crippen LogP contribution < -0.4 is 10.6 Å². The Hall–Kier alpha value is -3.49. The molecule has 3 unspecified atom stereocenters. The summed E-state index contributed by atoms with van der Waals surface area (Å²) in [7, 11) is 0. The quantitative estimate of drug-likeness (QED) is 0.389. The number of nitrogens with one attached hydrogen (secondary N) is 2. The van der Waals surface area contributed by atoms with Crippen LogP contribution in [0.25, 0.3) is 0 Å². The van der Waals surface area contributed by atoms with Gasteiger partial charge in [-0.3, -0.25) is 28.9 Å². The summed E-state index contributed by atoms with van der Waals surface area (Å²) in [5, 5.41) is 5.24. The summed E-state index contributed by atoms with van der Waals surface area (Å²) in [4.78, 5) is 61.4. The van der Waals surface area contributed by atoms with Crippen LogP contribution in [-0.2, 0) is 28.7 Å². The number of carbonyl (C=O) groups is 5. The lowest BCUT2D eigenvalue weighted by Gasteiger charge is -2.16. The molecule has 9 nitrogen and oxygen atoms in total. The maximum atomic E-state index is 12.4. The van der Waals surface area contributed by atoms with Gasteiger partial charge in [0.15, 0.2) is 6.10 Å². The number of ether oxygens (including phenoxy) is 1. The number of amides is 4. The zero-order chi connectivity index (χ0) is 22.5. The number of allylic oxidation sites excluding steroid dienone is 2. The van der Waals surface area contributed by atoms with Gasteiger partial charge in [0.25, 0.3) is 5.91 Å². The predicted octanol–water partition coefficient (Wildman–Crippen LogP) is 1.86. The lowest BCUT2D eigenvalue weighted by Crippen LogP contribution is -2.35. The molecule has 3 rings (SSSR count). The molecular formula is C22H25N3O6. The van der Waals surface area contributed by atoms with Crippen LogP contribution in [0.1, 0.15) is 33.1 Å². The molecule has 9 heteroatoms. The third kappa shape index (κ3) is 5.36. The van der Waals surface area contributed by atoms with Gasteiger partial charge < -0.3 is 15.4 Å². The Morgan fingerprint density at radius 2 is 1.52 bits per heavy atom. The third-order valence-corrected chi connectivity index (χ3v) is 5.29. The van der Waals surface area contributed by atoms with E-state index in [-0.39, 0.29) is 42.5 Å². The fourth-order valence-corrected chi connectivity index (χ4v) is 3.69. The van der Waals surface area contributed by atoms with E-state index in [0.717, 1.165) is 4.90 Å². The number of imide groups is 1. The van der Waals surface area contributed by atoms with Crippen LogP contribution in [0.2, 0.25) is 0 Å². The van der Waals surface area contributed by atoms with Crippen molar-refractivity contribution in [3.05, 3.63) is 36.4 Å². The van der Waals surface area contributed by atoms with E-state index < -0.39 is 18.0 Å². The first-order valence-corrected chi connectivity index (χ1v) is 10.1. The van der Waals surface area contributed by atoms with Crippen molar-refractivity contribution in [1.29, 1.82) is 0 Å². The van der Waals surface area contributed by atoms with E-state index in [2.05, 4.69) is 10.6 Å². The van der Waals surface area contributed by atoms with Crippen molar-refractivity contribution < 1.29 is 28.7 Å². The molecule has 1 heterocycles. The first-order chi connectivity index (χ1) is 14.8. The summed E-state index contributed by atoms with van der Waals surface area (Å²) in [6, 6.07) is 6.48. The molecule has 1 aromatic rings. The summed E-state index contributed by atoms with van der Waals surface area (Å²) in [5.41, 5.74) is 1.07. The van der Waals surface area contributed by atoms with Crippen LogP contribution in [-0.4, -0.2) is 47.1 Å². The highest BCUT2D eigenvalue weighted by Gasteiger charge is 2.47. The number of likely N-dealkylation sites (tertiary alicyclic amines) is 1. The molecule has 1 aromatic carbocycles. The summed E-state index contributed by atoms with van der Waals surface area (Å²) in [6.45, 7) is 2.78. The molecule has 164 valence electrons. The molecule has 0 saturated carbocycles. The topological polar surface area (TPSA) is 122 Å². The normalized spacial score (nSPS) is 20.8. The largest absolute Gasteiger partial charge is 0.452 e. The predicted molar refractivity (Wildman–Crippen MR) is 112 cm³/mol. The molecule has 0 aromatic heterocycles. The van der Waals surface area contributed by atoms with E-state index in [0.29, 0.717) is 24.2 Å². The first-order valence-electron chi connectivity index (χ1n) is 10.1. The molecular weight excluding hydrogens is 402 g/mol. The SMILES string of the molecule is CC(=O)Nc1ccc(NC(=O)C(C)OC(=O)CCN2C(=O)C3CC=CCC3C2=O)cc1. The summed E-state index contributed by atoms with van der Waals surface area (Å²) < 4.78 is 5.14. The van der Waals surface area contributed by atoms with Crippen molar-refractivity contribution in [3.63, 3.8) is 0 Å². The van der Waals surface area contributed by atoms with Crippen LogP contribution in [0.3, 0.4) is 0 Å². The van der Waals surface area contributed by atoms with Gasteiger partial charge in [-0.2, -0.15) is 0 Å². The van der Waals surface area contributed by atoms with Gasteiger partial charge in [0, 0.05) is 24.8 Å². The number of nitrogens with zero attached hydrogens (tertiary/aromatic N) is 1. The number of esters is 1. The van der Waals surface area contributed by atoms with Crippen LogP contribution in [0, 0.1) is 11.8 Å². The number of hydrogen-bond acceptors (Lipinski definition) is 6. The minimum atomic E-state index is -1.06. The zero-order valence-electron chi connectivity index (χ0n) is 17.4. The van der Waals surface area contributed by atoms with Crippen LogP contribution in [0.5, 0.6) is 0 Å². The second-order valence-corrected chi connectivity index (χ2v) is 7.61. The molecule has 0 spiro atoms. The monoisotopic (exact) mass is 427 g/mol. The van der Waals surface area contributed by atoms with E-state index in [9.17, 15) is 24.0 Å². The second kappa shape index (κ2) is 9.55. The van der Waals surface area contributed by atoms with Gasteiger partial charge >= 0.3 is 5.97 Å². The molecule has 1 saturated heterocycles. The van der Waals surface area contributed by atoms with Crippen molar-refractivity contribution in [2.24, 2.45) is 11.8 Å². The summed E-state index contributed by atoms with van der Waals surface area (Å²) in [5.74, 6) is -2.57. The maximum Gasteiger partial charge on any atom is 0.308 e. The van der Waals surface area contributed by atoms with E-state index in [1.54, 1.807) is 24.3 Å². The van der Waals surface area contributed by atoms with E-state index >= 15 is 0 Å². The Balaban J connectivity index is 1.45. The van der Waals surface area contributed by atoms with Crippen molar-refractivity contribution in [2.45, 2.75) is 39.2 Å². The van der Waals surface area contributed by atoms with Gasteiger partial charge in [-0.15, -0.1) is 0 Å². The van der Waals surface area contributed by atoms with Crippen LogP contribution in [0.15, 0.2) is 36.4 Å². The maximum absolute atomic E-state index is 12.4. The first kappa shape index (κ1) is 22.2. The molecule has 1 aliphatic heterocycles. The average Bonchev–Trinajstić information content (AvgIpc) is 2.98. The van der Waals surface area contributed by atoms with E-state index in [1.165, 1.54) is 13.8 Å². The van der Waals surface area contributed by atoms with Gasteiger partial charge in [-0.25, -0.2) is 0 Å². The minimum Gasteiger partial charge on any atom is -0.452 e.